The number of aromatic nitrogens is 2. The number of para-hydroxylation sites is 1. The topological polar surface area (TPSA) is 78.9 Å². The molecule has 24 heavy (non-hydrogen) atoms. The van der Waals surface area contributed by atoms with E-state index in [2.05, 4.69) is 10.3 Å². The Balaban J connectivity index is 2.04. The Morgan fingerprint density at radius 1 is 1.17 bits per heavy atom. The molecule has 0 saturated heterocycles. The molecule has 0 radical (unpaired) electrons. The monoisotopic (exact) mass is 358 g/mol. The van der Waals surface area contributed by atoms with Crippen LogP contribution in [0.4, 0.5) is 13.2 Å². The van der Waals surface area contributed by atoms with Crippen LogP contribution in [0.15, 0.2) is 36.5 Å². The Hall–Kier alpha value is -2.62. The van der Waals surface area contributed by atoms with E-state index in [1.54, 1.807) is 35.6 Å². The van der Waals surface area contributed by atoms with Crippen molar-refractivity contribution in [1.82, 2.24) is 20.2 Å². The SMILES string of the molecule is O=C(CNC(=O)c1c[nH]c(=S)n1-c1ccccc1)NCC(F)(F)F. The molecule has 0 spiro atoms. The van der Waals surface area contributed by atoms with Crippen LogP contribution in [0.1, 0.15) is 10.5 Å². The fourth-order valence-electron chi connectivity index (χ4n) is 1.88. The van der Waals surface area contributed by atoms with Gasteiger partial charge in [-0.05, 0) is 24.4 Å². The number of amides is 2. The van der Waals surface area contributed by atoms with Gasteiger partial charge in [-0.2, -0.15) is 13.2 Å². The summed E-state index contributed by atoms with van der Waals surface area (Å²) in [5.74, 6) is -1.59. The summed E-state index contributed by atoms with van der Waals surface area (Å²) in [6.07, 6.45) is -3.15. The van der Waals surface area contributed by atoms with E-state index in [0.29, 0.717) is 5.69 Å². The van der Waals surface area contributed by atoms with E-state index in [0.717, 1.165) is 0 Å². The third-order valence-corrected chi connectivity index (χ3v) is 3.22. The van der Waals surface area contributed by atoms with E-state index in [9.17, 15) is 22.8 Å². The van der Waals surface area contributed by atoms with Gasteiger partial charge in [-0.25, -0.2) is 0 Å². The standard InChI is InChI=1S/C14H13F3N4O2S/c15-14(16,17)8-20-11(22)7-18-12(23)10-6-19-13(24)21(10)9-4-2-1-3-5-9/h1-6H,7-8H2,(H,18,23)(H,19,24)(H,20,22). The van der Waals surface area contributed by atoms with Gasteiger partial charge in [-0.3, -0.25) is 14.2 Å². The number of alkyl halides is 3. The lowest BCUT2D eigenvalue weighted by atomic mass is 10.3. The van der Waals surface area contributed by atoms with E-state index in [4.69, 9.17) is 12.2 Å². The average molecular weight is 358 g/mol. The highest BCUT2D eigenvalue weighted by atomic mass is 32.1. The highest BCUT2D eigenvalue weighted by Gasteiger charge is 2.27. The Kier molecular flexibility index (Phi) is 5.39. The van der Waals surface area contributed by atoms with Crippen molar-refractivity contribution in [2.45, 2.75) is 6.18 Å². The molecule has 1 aromatic heterocycles. The molecular weight excluding hydrogens is 345 g/mol. The highest BCUT2D eigenvalue weighted by Crippen LogP contribution is 2.13. The quantitative estimate of drug-likeness (QED) is 0.715. The van der Waals surface area contributed by atoms with Gasteiger partial charge in [0.1, 0.15) is 12.2 Å². The molecule has 2 amide bonds. The van der Waals surface area contributed by atoms with Gasteiger partial charge < -0.3 is 15.6 Å². The van der Waals surface area contributed by atoms with Gasteiger partial charge >= 0.3 is 6.18 Å². The maximum atomic E-state index is 12.2. The van der Waals surface area contributed by atoms with Crippen LogP contribution in [0, 0.1) is 4.77 Å². The van der Waals surface area contributed by atoms with Gasteiger partial charge in [0.2, 0.25) is 5.91 Å². The number of aromatic amines is 1. The number of nitrogens with one attached hydrogen (secondary N) is 3. The van der Waals surface area contributed by atoms with E-state index in [1.807, 2.05) is 0 Å². The number of H-pyrrole nitrogens is 1. The van der Waals surface area contributed by atoms with Gasteiger partial charge in [0.05, 0.1) is 6.54 Å². The molecule has 0 fully saturated rings. The maximum absolute atomic E-state index is 12.2. The smallest absolute Gasteiger partial charge is 0.345 e. The molecule has 0 bridgehead atoms. The summed E-state index contributed by atoms with van der Waals surface area (Å²) >= 11 is 5.12. The molecule has 0 saturated carbocycles. The minimum atomic E-state index is -4.51. The van der Waals surface area contributed by atoms with Crippen molar-refractivity contribution in [2.24, 2.45) is 0 Å². The number of hydrogen-bond acceptors (Lipinski definition) is 3. The number of rotatable bonds is 5. The van der Waals surface area contributed by atoms with Crippen molar-refractivity contribution in [3.63, 3.8) is 0 Å². The molecule has 0 aliphatic carbocycles. The molecule has 0 aliphatic rings. The first-order chi connectivity index (χ1) is 11.3. The average Bonchev–Trinajstić information content (AvgIpc) is 2.92. The third-order valence-electron chi connectivity index (χ3n) is 2.92. The largest absolute Gasteiger partial charge is 0.405 e. The maximum Gasteiger partial charge on any atom is 0.405 e. The summed E-state index contributed by atoms with van der Waals surface area (Å²) in [4.78, 5) is 26.2. The first kappa shape index (κ1) is 17.7. The second-order valence-corrected chi connectivity index (χ2v) is 5.11. The van der Waals surface area contributed by atoms with Crippen LogP contribution in [0.3, 0.4) is 0 Å². The van der Waals surface area contributed by atoms with Crippen LogP contribution in [-0.4, -0.2) is 40.6 Å². The zero-order chi connectivity index (χ0) is 17.7. The zero-order valence-electron chi connectivity index (χ0n) is 12.2. The van der Waals surface area contributed by atoms with Crippen molar-refractivity contribution in [1.29, 1.82) is 0 Å². The summed E-state index contributed by atoms with van der Waals surface area (Å²) < 4.78 is 37.7. The van der Waals surface area contributed by atoms with Crippen molar-refractivity contribution >= 4 is 24.0 Å². The second kappa shape index (κ2) is 7.30. The molecule has 1 aromatic carbocycles. The lowest BCUT2D eigenvalue weighted by molar-refractivity contribution is -0.137. The molecule has 10 heteroatoms. The van der Waals surface area contributed by atoms with Crippen molar-refractivity contribution < 1.29 is 22.8 Å². The van der Waals surface area contributed by atoms with Crippen LogP contribution in [-0.2, 0) is 4.79 Å². The lowest BCUT2D eigenvalue weighted by Gasteiger charge is -2.10. The number of halogens is 3. The predicted molar refractivity (Wildman–Crippen MR) is 82.4 cm³/mol. The number of hydrogen-bond donors (Lipinski definition) is 3. The Morgan fingerprint density at radius 2 is 1.83 bits per heavy atom. The Bertz CT molecular complexity index is 783. The first-order valence-electron chi connectivity index (χ1n) is 6.75. The van der Waals surface area contributed by atoms with Gasteiger partial charge in [0, 0.05) is 11.9 Å². The van der Waals surface area contributed by atoms with E-state index >= 15 is 0 Å². The van der Waals surface area contributed by atoms with Gasteiger partial charge in [0.25, 0.3) is 5.91 Å². The molecule has 6 nitrogen and oxygen atoms in total. The number of carbonyl (C=O) groups excluding carboxylic acids is 2. The minimum Gasteiger partial charge on any atom is -0.345 e. The molecule has 2 rings (SSSR count). The number of nitrogens with zero attached hydrogens (tertiary/aromatic N) is 1. The minimum absolute atomic E-state index is 0.134. The summed E-state index contributed by atoms with van der Waals surface area (Å²) in [5.41, 5.74) is 0.769. The van der Waals surface area contributed by atoms with Crippen LogP contribution < -0.4 is 10.6 Å². The normalized spacial score (nSPS) is 11.1. The molecule has 0 atom stereocenters. The third kappa shape index (κ3) is 4.69. The molecular formula is C14H13F3N4O2S. The van der Waals surface area contributed by atoms with Crippen molar-refractivity contribution in [2.75, 3.05) is 13.1 Å². The van der Waals surface area contributed by atoms with Gasteiger partial charge in [-0.15, -0.1) is 0 Å². The van der Waals surface area contributed by atoms with Crippen LogP contribution in [0.25, 0.3) is 5.69 Å². The predicted octanol–water partition coefficient (Wildman–Crippen LogP) is 1.94. The lowest BCUT2D eigenvalue weighted by Crippen LogP contribution is -2.41. The molecule has 1 heterocycles. The Labute approximate surface area is 139 Å². The van der Waals surface area contributed by atoms with E-state index < -0.39 is 31.1 Å². The molecule has 2 aromatic rings. The summed E-state index contributed by atoms with van der Waals surface area (Å²) in [6, 6.07) is 8.78. The van der Waals surface area contributed by atoms with E-state index in [-0.39, 0.29) is 10.5 Å². The van der Waals surface area contributed by atoms with Crippen LogP contribution in [0.5, 0.6) is 0 Å². The summed E-state index contributed by atoms with van der Waals surface area (Å²) in [6.45, 7) is -2.03. The fraction of sp³-hybridized carbons (Fsp3) is 0.214. The fourth-order valence-corrected chi connectivity index (χ4v) is 2.14. The Morgan fingerprint density at radius 3 is 2.46 bits per heavy atom. The van der Waals surface area contributed by atoms with E-state index in [1.165, 1.54) is 10.8 Å². The van der Waals surface area contributed by atoms with Gasteiger partial charge in [0.15, 0.2) is 4.77 Å². The second-order valence-electron chi connectivity index (χ2n) is 4.72. The first-order valence-corrected chi connectivity index (χ1v) is 7.16. The van der Waals surface area contributed by atoms with Crippen LogP contribution >= 0.6 is 12.2 Å². The molecule has 128 valence electrons. The molecule has 0 aliphatic heterocycles. The van der Waals surface area contributed by atoms with Crippen molar-refractivity contribution in [3.8, 4) is 5.69 Å². The molecule has 3 N–H and O–H groups in total. The number of benzene rings is 1. The van der Waals surface area contributed by atoms with Crippen molar-refractivity contribution in [3.05, 3.63) is 47.0 Å². The summed E-state index contributed by atoms with van der Waals surface area (Å²) in [5, 5.41) is 3.92. The number of carbonyl (C=O) groups is 2. The summed E-state index contributed by atoms with van der Waals surface area (Å²) in [7, 11) is 0. The van der Waals surface area contributed by atoms with Crippen LogP contribution in [0.2, 0.25) is 0 Å². The van der Waals surface area contributed by atoms with Gasteiger partial charge in [-0.1, -0.05) is 18.2 Å². The molecule has 0 unspecified atom stereocenters. The zero-order valence-corrected chi connectivity index (χ0v) is 13.0. The number of imidazole rings is 1. The highest BCUT2D eigenvalue weighted by molar-refractivity contribution is 7.71.